The Labute approximate surface area is 401 Å². The van der Waals surface area contributed by atoms with Crippen LogP contribution in [-0.4, -0.2) is 107 Å². The van der Waals surface area contributed by atoms with Crippen LogP contribution in [0.25, 0.3) is 33.3 Å². The molecule has 20 heteroatoms. The Hall–Kier alpha value is -3.98. The van der Waals surface area contributed by atoms with E-state index in [0.29, 0.717) is 58.2 Å². The number of amides is 2. The van der Waals surface area contributed by atoms with Crippen molar-refractivity contribution >= 4 is 76.2 Å². The minimum atomic E-state index is -3.67. The maximum atomic E-state index is 12.1. The second-order valence-electron chi connectivity index (χ2n) is 13.3. The van der Waals surface area contributed by atoms with Crippen LogP contribution in [0.5, 0.6) is 0 Å². The molecule has 304 valence electrons. The standard InChI is InChI=1S/C20H17ClN4O2.C13H12NO2.C7H5Cl2N3.BF3.K/c1-24-9-8-20(27,19(24)26)7-6-13-4-3-5-14(10-13)17-18-15(11-16(21)23-17)25(2)12-22-18;1-14-10-9-13(16,12(14)15)8-7-11-5-3-2-4-6-11;1-12-3-10-6-4(12)2-5(8)11-7(6)9;2-1(3)4;/h3-5,10-12,27H,8-9H2,1-2H3;2-3,5-6,16H,9-10H2,1H3;2-3H,1H3;;/q;-1;;;+1/t20-;13-;;;/m00.../s1. The Morgan fingerprint density at radius 2 is 1.25 bits per heavy atom. The van der Waals surface area contributed by atoms with Crippen LogP contribution < -0.4 is 51.4 Å². The van der Waals surface area contributed by atoms with Gasteiger partial charge in [-0.1, -0.05) is 70.3 Å². The summed E-state index contributed by atoms with van der Waals surface area (Å²) >= 11 is 17.7. The van der Waals surface area contributed by atoms with Crippen molar-refractivity contribution < 1.29 is 84.1 Å². The maximum absolute atomic E-state index is 12.1. The molecule has 0 radical (unpaired) electrons. The fourth-order valence-electron chi connectivity index (χ4n) is 5.86. The molecule has 2 amide bonds. The molecule has 2 saturated heterocycles. The van der Waals surface area contributed by atoms with Crippen molar-refractivity contribution in [2.24, 2.45) is 14.1 Å². The number of aromatic nitrogens is 6. The largest absolute Gasteiger partial charge is 1.00 e. The van der Waals surface area contributed by atoms with E-state index in [1.807, 2.05) is 59.6 Å². The van der Waals surface area contributed by atoms with Crippen LogP contribution >= 0.6 is 34.8 Å². The van der Waals surface area contributed by atoms with E-state index in [1.54, 1.807) is 51.0 Å². The number of likely N-dealkylation sites (N-methyl/N-ethyl adjacent to an activating group) is 2. The number of fused-ring (bicyclic) bond motifs is 2. The summed E-state index contributed by atoms with van der Waals surface area (Å²) in [6.45, 7) is 1.04. The number of nitrogens with zero attached hydrogens (tertiary/aromatic N) is 8. The summed E-state index contributed by atoms with van der Waals surface area (Å²) in [5, 5.41) is 21.6. The Morgan fingerprint density at radius 3 is 1.77 bits per heavy atom. The molecule has 8 rings (SSSR count). The molecule has 6 heterocycles. The average molecular weight is 904 g/mol. The van der Waals surface area contributed by atoms with Crippen molar-refractivity contribution in [1.82, 2.24) is 38.9 Å². The van der Waals surface area contributed by atoms with E-state index >= 15 is 0 Å². The zero-order valence-electron chi connectivity index (χ0n) is 32.9. The minimum Gasteiger partial charge on any atom is -0.369 e. The molecule has 2 aliphatic rings. The van der Waals surface area contributed by atoms with Crippen molar-refractivity contribution in [3.63, 3.8) is 0 Å². The summed E-state index contributed by atoms with van der Waals surface area (Å²) < 4.78 is 32.7. The third kappa shape index (κ3) is 12.1. The molecule has 6 aromatic rings. The molecule has 2 aromatic carbocycles. The van der Waals surface area contributed by atoms with E-state index < -0.39 is 18.7 Å². The van der Waals surface area contributed by atoms with Gasteiger partial charge in [-0.25, -0.2) is 19.9 Å². The number of pyridine rings is 2. The SMILES string of the molecule is CN1CC[C@@](O)(C#Cc2c[c-]ccc2)C1=O.CN1CC[C@@](O)(C#Cc2cccc(-c3nc(Cl)cc4c3ncn4C)c2)C1=O.Cn1cnc2c(Cl)nc(Cl)cc21.FB(F)F.[K+]. The number of imidazole rings is 2. The molecule has 60 heavy (non-hydrogen) atoms. The molecule has 0 aliphatic carbocycles. The zero-order chi connectivity index (χ0) is 43.1. The minimum absolute atomic E-state index is 0. The smallest absolute Gasteiger partial charge is 0.369 e. The number of likely N-dealkylation sites (tertiary alicyclic amines) is 2. The molecular weight excluding hydrogens is 870 g/mol. The van der Waals surface area contributed by atoms with Crippen LogP contribution in [0.2, 0.25) is 15.5 Å². The third-order valence-corrected chi connectivity index (χ3v) is 9.66. The van der Waals surface area contributed by atoms with Gasteiger partial charge in [0.25, 0.3) is 11.8 Å². The molecule has 4 aromatic heterocycles. The Morgan fingerprint density at radius 1 is 0.750 bits per heavy atom. The van der Waals surface area contributed by atoms with Crippen LogP contribution in [0.4, 0.5) is 12.9 Å². The predicted octanol–water partition coefficient (Wildman–Crippen LogP) is 2.82. The molecule has 0 spiro atoms. The molecule has 12 nitrogen and oxygen atoms in total. The maximum Gasteiger partial charge on any atom is 1.00 e. The van der Waals surface area contributed by atoms with E-state index in [0.717, 1.165) is 27.7 Å². The number of benzene rings is 2. The van der Waals surface area contributed by atoms with Gasteiger partial charge in [0.15, 0.2) is 5.15 Å². The van der Waals surface area contributed by atoms with Gasteiger partial charge in [0.2, 0.25) is 11.2 Å². The van der Waals surface area contributed by atoms with Gasteiger partial charge >= 0.3 is 58.9 Å². The van der Waals surface area contributed by atoms with Gasteiger partial charge in [-0.2, -0.15) is 30.3 Å². The number of aryl methyl sites for hydroxylation is 2. The fourth-order valence-corrected chi connectivity index (χ4v) is 6.52. The molecule has 2 N–H and O–H groups in total. The third-order valence-electron chi connectivity index (χ3n) is 9.01. The van der Waals surface area contributed by atoms with Crippen molar-refractivity contribution in [1.29, 1.82) is 0 Å². The number of aliphatic hydroxyl groups is 2. The van der Waals surface area contributed by atoms with Gasteiger partial charge in [0.1, 0.15) is 21.3 Å². The zero-order valence-corrected chi connectivity index (χ0v) is 38.3. The van der Waals surface area contributed by atoms with Gasteiger partial charge in [-0.15, -0.1) is 5.92 Å². The molecule has 0 saturated carbocycles. The Bertz CT molecular complexity index is 2630. The predicted molar refractivity (Wildman–Crippen MR) is 220 cm³/mol. The molecule has 2 aliphatic heterocycles. The van der Waals surface area contributed by atoms with Crippen LogP contribution in [0.15, 0.2) is 73.3 Å². The first-order valence-corrected chi connectivity index (χ1v) is 18.7. The molecule has 0 unspecified atom stereocenters. The Balaban J connectivity index is 0.000000204. The first-order chi connectivity index (χ1) is 27.9. The summed E-state index contributed by atoms with van der Waals surface area (Å²) in [6, 6.07) is 20.9. The quantitative estimate of drug-likeness (QED) is 0.111. The van der Waals surface area contributed by atoms with Crippen LogP contribution in [-0.2, 0) is 23.7 Å². The number of rotatable bonds is 1. The average Bonchev–Trinajstić information content (AvgIpc) is 3.92. The van der Waals surface area contributed by atoms with Crippen LogP contribution in [0.3, 0.4) is 0 Å². The van der Waals surface area contributed by atoms with Crippen LogP contribution in [0, 0.1) is 29.7 Å². The van der Waals surface area contributed by atoms with Gasteiger partial charge in [-0.05, 0) is 12.1 Å². The number of carbonyl (C=O) groups is 2. The molecular formula is C40H34BCl3F3KN8O4. The topological polar surface area (TPSA) is 142 Å². The van der Waals surface area contributed by atoms with E-state index in [1.165, 1.54) is 9.80 Å². The molecule has 0 bridgehead atoms. The number of halogens is 6. The number of hydrogen-bond donors (Lipinski definition) is 2. The van der Waals surface area contributed by atoms with E-state index in [2.05, 4.69) is 49.7 Å². The van der Waals surface area contributed by atoms with Crippen molar-refractivity contribution in [2.45, 2.75) is 24.0 Å². The van der Waals surface area contributed by atoms with E-state index in [-0.39, 0.29) is 63.2 Å². The van der Waals surface area contributed by atoms with Crippen molar-refractivity contribution in [2.75, 3.05) is 27.2 Å². The monoisotopic (exact) mass is 902 g/mol. The van der Waals surface area contributed by atoms with Gasteiger partial charge in [-0.3, -0.25) is 22.5 Å². The summed E-state index contributed by atoms with van der Waals surface area (Å²) in [7, 11) is 3.43. The normalized spacial score (nSPS) is 17.8. The first-order valence-electron chi connectivity index (χ1n) is 17.5. The Kier molecular flexibility index (Phi) is 17.2. The van der Waals surface area contributed by atoms with Crippen molar-refractivity contribution in [3.05, 3.63) is 106 Å². The van der Waals surface area contributed by atoms with Crippen molar-refractivity contribution in [3.8, 4) is 34.9 Å². The summed E-state index contributed by atoms with van der Waals surface area (Å²) in [6.07, 6.45) is 4.06. The molecule has 2 fully saturated rings. The second-order valence-corrected chi connectivity index (χ2v) is 14.4. The second kappa shape index (κ2) is 21.2. The summed E-state index contributed by atoms with van der Waals surface area (Å²) in [5.41, 5.74) is 2.98. The number of carbonyl (C=O) groups excluding carboxylic acids is 2. The van der Waals surface area contributed by atoms with Gasteiger partial charge < -0.3 is 29.1 Å². The summed E-state index contributed by atoms with van der Waals surface area (Å²) in [5.74, 6) is 10.4. The first kappa shape index (κ1) is 48.7. The van der Waals surface area contributed by atoms with E-state index in [4.69, 9.17) is 34.8 Å². The molecule has 2 atom stereocenters. The van der Waals surface area contributed by atoms with E-state index in [9.17, 15) is 32.7 Å². The summed E-state index contributed by atoms with van der Waals surface area (Å²) in [4.78, 5) is 43.4. The van der Waals surface area contributed by atoms with Gasteiger partial charge in [0.05, 0.1) is 29.4 Å². The number of hydrogen-bond acceptors (Lipinski definition) is 8. The van der Waals surface area contributed by atoms with Gasteiger partial charge in [0, 0.05) is 77.4 Å². The van der Waals surface area contributed by atoms with Crippen LogP contribution in [0.1, 0.15) is 24.0 Å². The fraction of sp³-hybridized carbons (Fsp3) is 0.250.